The van der Waals surface area contributed by atoms with Gasteiger partial charge in [0.2, 0.25) is 5.91 Å². The highest BCUT2D eigenvalue weighted by atomic mass is 32.1. The molecule has 31 heavy (non-hydrogen) atoms. The van der Waals surface area contributed by atoms with Gasteiger partial charge in [-0.3, -0.25) is 4.79 Å². The van der Waals surface area contributed by atoms with Gasteiger partial charge in [-0.15, -0.1) is 16.4 Å². The SMILES string of the molecule is COc1ccc(-c2nc(CC(=O)Nc3ccc(C)c(-n4cnnn4)c3)cs2)cc1OC. The molecule has 0 aliphatic carbocycles. The number of nitrogens with zero attached hydrogens (tertiary/aromatic N) is 5. The molecule has 4 rings (SSSR count). The molecule has 10 heteroatoms. The number of benzene rings is 2. The number of anilines is 1. The number of nitrogens with one attached hydrogen (secondary N) is 1. The van der Waals surface area contributed by atoms with E-state index in [1.807, 2.05) is 48.7 Å². The topological polar surface area (TPSA) is 104 Å². The number of thiazole rings is 1. The lowest BCUT2D eigenvalue weighted by Gasteiger charge is -2.09. The zero-order chi connectivity index (χ0) is 21.8. The number of tetrazole rings is 1. The lowest BCUT2D eigenvalue weighted by Crippen LogP contribution is -2.15. The van der Waals surface area contributed by atoms with E-state index in [-0.39, 0.29) is 12.3 Å². The minimum atomic E-state index is -0.157. The van der Waals surface area contributed by atoms with Crippen LogP contribution in [0.5, 0.6) is 11.5 Å². The molecule has 1 N–H and O–H groups in total. The molecule has 2 aromatic heterocycles. The lowest BCUT2D eigenvalue weighted by atomic mass is 10.1. The van der Waals surface area contributed by atoms with Gasteiger partial charge in [0.15, 0.2) is 11.5 Å². The van der Waals surface area contributed by atoms with Crippen LogP contribution in [0.3, 0.4) is 0 Å². The molecule has 0 unspecified atom stereocenters. The third kappa shape index (κ3) is 4.53. The maximum atomic E-state index is 12.6. The van der Waals surface area contributed by atoms with Crippen molar-refractivity contribution in [1.82, 2.24) is 25.2 Å². The number of ether oxygens (including phenoxy) is 2. The maximum absolute atomic E-state index is 12.6. The zero-order valence-corrected chi connectivity index (χ0v) is 18.0. The molecule has 0 saturated heterocycles. The number of rotatable bonds is 7. The highest BCUT2D eigenvalue weighted by Crippen LogP contribution is 2.33. The second-order valence-corrected chi connectivity index (χ2v) is 7.55. The molecular formula is C21H20N6O3S. The third-order valence-corrected chi connectivity index (χ3v) is 5.55. The summed E-state index contributed by atoms with van der Waals surface area (Å²) in [6.45, 7) is 1.95. The van der Waals surface area contributed by atoms with Gasteiger partial charge in [0.25, 0.3) is 0 Å². The minimum Gasteiger partial charge on any atom is -0.493 e. The Bertz CT molecular complexity index is 1210. The highest BCUT2D eigenvalue weighted by Gasteiger charge is 2.13. The summed E-state index contributed by atoms with van der Waals surface area (Å²) in [5, 5.41) is 16.8. The second kappa shape index (κ2) is 8.92. The van der Waals surface area contributed by atoms with Crippen molar-refractivity contribution in [3.63, 3.8) is 0 Å². The second-order valence-electron chi connectivity index (χ2n) is 6.69. The predicted octanol–water partition coefficient (Wildman–Crippen LogP) is 3.29. The van der Waals surface area contributed by atoms with Crippen molar-refractivity contribution < 1.29 is 14.3 Å². The molecule has 0 saturated carbocycles. The number of methoxy groups -OCH3 is 2. The summed E-state index contributed by atoms with van der Waals surface area (Å²) in [5.74, 6) is 1.13. The molecule has 0 atom stereocenters. The number of carbonyl (C=O) groups is 1. The summed E-state index contributed by atoms with van der Waals surface area (Å²) >= 11 is 1.47. The van der Waals surface area contributed by atoms with E-state index in [0.717, 1.165) is 21.8 Å². The average Bonchev–Trinajstić information content (AvgIpc) is 3.47. The average molecular weight is 436 g/mol. The number of hydrogen-bond donors (Lipinski definition) is 1. The Balaban J connectivity index is 1.46. The van der Waals surface area contributed by atoms with Gasteiger partial charge in [0.1, 0.15) is 11.3 Å². The van der Waals surface area contributed by atoms with Gasteiger partial charge in [0.05, 0.1) is 32.0 Å². The Morgan fingerprint density at radius 2 is 1.97 bits per heavy atom. The Hall–Kier alpha value is -3.79. The van der Waals surface area contributed by atoms with Crippen LogP contribution < -0.4 is 14.8 Å². The van der Waals surface area contributed by atoms with E-state index in [9.17, 15) is 4.79 Å². The Morgan fingerprint density at radius 1 is 1.13 bits per heavy atom. The fourth-order valence-electron chi connectivity index (χ4n) is 3.07. The number of hydrogen-bond acceptors (Lipinski definition) is 8. The predicted molar refractivity (Wildman–Crippen MR) is 117 cm³/mol. The molecule has 0 fully saturated rings. The van der Waals surface area contributed by atoms with Crippen LogP contribution in [0.1, 0.15) is 11.3 Å². The van der Waals surface area contributed by atoms with Crippen LogP contribution in [0.2, 0.25) is 0 Å². The van der Waals surface area contributed by atoms with Gasteiger partial charge in [-0.25, -0.2) is 9.67 Å². The van der Waals surface area contributed by atoms with Crippen molar-refractivity contribution in [2.45, 2.75) is 13.3 Å². The number of amides is 1. The van der Waals surface area contributed by atoms with Gasteiger partial charge >= 0.3 is 0 Å². The molecule has 0 aliphatic rings. The van der Waals surface area contributed by atoms with E-state index in [4.69, 9.17) is 9.47 Å². The number of aryl methyl sites for hydroxylation is 1. The van der Waals surface area contributed by atoms with E-state index in [1.54, 1.807) is 18.9 Å². The van der Waals surface area contributed by atoms with E-state index < -0.39 is 0 Å². The van der Waals surface area contributed by atoms with Gasteiger partial charge in [0, 0.05) is 16.6 Å². The molecular weight excluding hydrogens is 416 g/mol. The third-order valence-electron chi connectivity index (χ3n) is 4.61. The van der Waals surface area contributed by atoms with Crippen molar-refractivity contribution in [1.29, 1.82) is 0 Å². The van der Waals surface area contributed by atoms with Gasteiger partial charge in [-0.1, -0.05) is 6.07 Å². The van der Waals surface area contributed by atoms with Crippen LogP contribution in [-0.4, -0.2) is 45.3 Å². The summed E-state index contributed by atoms with van der Waals surface area (Å²) < 4.78 is 12.2. The van der Waals surface area contributed by atoms with Crippen LogP contribution in [0.25, 0.3) is 16.3 Å². The van der Waals surface area contributed by atoms with Crippen LogP contribution in [0.15, 0.2) is 48.1 Å². The molecule has 9 nitrogen and oxygen atoms in total. The zero-order valence-electron chi connectivity index (χ0n) is 17.2. The van der Waals surface area contributed by atoms with Gasteiger partial charge < -0.3 is 14.8 Å². The van der Waals surface area contributed by atoms with Crippen LogP contribution >= 0.6 is 11.3 Å². The summed E-state index contributed by atoms with van der Waals surface area (Å²) in [6, 6.07) is 11.2. The first-order valence-electron chi connectivity index (χ1n) is 9.38. The molecule has 158 valence electrons. The monoisotopic (exact) mass is 436 g/mol. The normalized spacial score (nSPS) is 10.7. The van der Waals surface area contributed by atoms with Crippen LogP contribution in [0.4, 0.5) is 5.69 Å². The molecule has 2 aromatic carbocycles. The molecule has 0 aliphatic heterocycles. The van der Waals surface area contributed by atoms with Crippen LogP contribution in [0, 0.1) is 6.92 Å². The van der Waals surface area contributed by atoms with Crippen molar-refractivity contribution in [2.75, 3.05) is 19.5 Å². The Labute approximate surface area is 182 Å². The smallest absolute Gasteiger partial charge is 0.230 e. The van der Waals surface area contributed by atoms with E-state index >= 15 is 0 Å². The molecule has 0 radical (unpaired) electrons. The lowest BCUT2D eigenvalue weighted by molar-refractivity contribution is -0.115. The van der Waals surface area contributed by atoms with Crippen LogP contribution in [-0.2, 0) is 11.2 Å². The van der Waals surface area contributed by atoms with Gasteiger partial charge in [-0.2, -0.15) is 0 Å². The molecule has 4 aromatic rings. The number of carbonyl (C=O) groups excluding carboxylic acids is 1. The van der Waals surface area contributed by atoms with E-state index in [0.29, 0.717) is 22.9 Å². The first-order chi connectivity index (χ1) is 15.1. The fourth-order valence-corrected chi connectivity index (χ4v) is 3.88. The first-order valence-corrected chi connectivity index (χ1v) is 10.3. The maximum Gasteiger partial charge on any atom is 0.230 e. The standard InChI is InChI=1S/C21H20N6O3S/c1-13-4-6-15(9-17(13)27-12-22-25-26-27)23-20(28)10-16-11-31-21(24-16)14-5-7-18(29-2)19(8-14)30-3/h4-9,11-12H,10H2,1-3H3,(H,23,28). The van der Waals surface area contributed by atoms with Crippen molar-refractivity contribution in [3.05, 3.63) is 59.4 Å². The van der Waals surface area contributed by atoms with Crippen molar-refractivity contribution in [3.8, 4) is 27.8 Å². The summed E-state index contributed by atoms with van der Waals surface area (Å²) in [7, 11) is 3.19. The number of aromatic nitrogens is 5. The summed E-state index contributed by atoms with van der Waals surface area (Å²) in [5.41, 5.74) is 4.05. The minimum absolute atomic E-state index is 0.157. The summed E-state index contributed by atoms with van der Waals surface area (Å²) in [4.78, 5) is 17.2. The summed E-state index contributed by atoms with van der Waals surface area (Å²) in [6.07, 6.45) is 1.68. The van der Waals surface area contributed by atoms with E-state index in [1.165, 1.54) is 17.7 Å². The van der Waals surface area contributed by atoms with E-state index in [2.05, 4.69) is 25.8 Å². The molecule has 1 amide bonds. The van der Waals surface area contributed by atoms with Gasteiger partial charge in [-0.05, 0) is 53.2 Å². The molecule has 0 spiro atoms. The Morgan fingerprint density at radius 3 is 2.71 bits per heavy atom. The van der Waals surface area contributed by atoms with Crippen molar-refractivity contribution in [2.24, 2.45) is 0 Å². The fraction of sp³-hybridized carbons (Fsp3) is 0.190. The molecule has 0 bridgehead atoms. The molecule has 2 heterocycles. The highest BCUT2D eigenvalue weighted by molar-refractivity contribution is 7.13. The first kappa shape index (κ1) is 20.5. The quantitative estimate of drug-likeness (QED) is 0.474. The largest absolute Gasteiger partial charge is 0.493 e. The Kier molecular flexibility index (Phi) is 5.89. The van der Waals surface area contributed by atoms with Crippen molar-refractivity contribution >= 4 is 22.9 Å².